The van der Waals surface area contributed by atoms with Crippen LogP contribution in [0.25, 0.3) is 0 Å². The predicted molar refractivity (Wildman–Crippen MR) is 77.1 cm³/mol. The van der Waals surface area contributed by atoms with Crippen molar-refractivity contribution >= 4 is 63.8 Å². The molecule has 1 aromatic carbocycles. The first-order valence-corrected chi connectivity index (χ1v) is 6.74. The van der Waals surface area contributed by atoms with Crippen molar-refractivity contribution in [2.75, 3.05) is 0 Å². The van der Waals surface area contributed by atoms with E-state index in [0.29, 0.717) is 28.7 Å². The Labute approximate surface area is 126 Å². The number of carbonyl (C=O) groups excluding carboxylic acids is 1. The first-order valence-electron chi connectivity index (χ1n) is 4.85. The summed E-state index contributed by atoms with van der Waals surface area (Å²) < 4.78 is 0. The molecule has 0 aliphatic rings. The molecule has 0 aliphatic carbocycles. The molecule has 96 valence electrons. The van der Waals surface area contributed by atoms with Crippen LogP contribution in [-0.2, 0) is 4.79 Å². The van der Waals surface area contributed by atoms with E-state index in [1.54, 1.807) is 0 Å². The van der Waals surface area contributed by atoms with Gasteiger partial charge in [0.2, 0.25) is 0 Å². The molecule has 1 nitrogen and oxygen atoms in total. The average molecular weight is 336 g/mol. The van der Waals surface area contributed by atoms with Gasteiger partial charge in [-0.3, -0.25) is 4.79 Å². The molecular weight excluding hydrogens is 325 g/mol. The van der Waals surface area contributed by atoms with Crippen molar-refractivity contribution in [1.82, 2.24) is 0 Å². The summed E-state index contributed by atoms with van der Waals surface area (Å²) in [5, 5.41) is 1.23. The third kappa shape index (κ3) is 5.67. The first-order chi connectivity index (χ1) is 7.84. The van der Waals surface area contributed by atoms with Gasteiger partial charge in [0.05, 0.1) is 25.1 Å². The molecule has 0 amide bonds. The number of rotatable bonds is 2. The highest BCUT2D eigenvalue weighted by atomic mass is 35.5. The number of ketones is 1. The molecule has 1 aromatic rings. The zero-order valence-electron chi connectivity index (χ0n) is 9.29. The van der Waals surface area contributed by atoms with Gasteiger partial charge in [0, 0.05) is 12.8 Å². The predicted octanol–water partition coefficient (Wildman–Crippen LogP) is 6.33. The van der Waals surface area contributed by atoms with Crippen LogP contribution in [0.3, 0.4) is 0 Å². The Morgan fingerprint density at radius 2 is 1.24 bits per heavy atom. The van der Waals surface area contributed by atoms with E-state index in [0.717, 1.165) is 0 Å². The van der Waals surface area contributed by atoms with E-state index in [2.05, 4.69) is 0 Å². The summed E-state index contributed by atoms with van der Waals surface area (Å²) >= 11 is 28.2. The maximum absolute atomic E-state index is 10.2. The van der Waals surface area contributed by atoms with Gasteiger partial charge in [-0.25, -0.2) is 0 Å². The molecule has 6 heteroatoms. The van der Waals surface area contributed by atoms with E-state index in [-0.39, 0.29) is 15.1 Å². The average Bonchev–Trinajstić information content (AvgIpc) is 2.33. The van der Waals surface area contributed by atoms with Gasteiger partial charge in [-0.05, 0) is 6.07 Å². The standard InChI is InChI=1S/C6HCl5.C5H10O/c7-2-1-3(8)5(10)6(11)4(2)9;1-3-5(6)4-2/h1H;3-4H2,1-2H3. The van der Waals surface area contributed by atoms with Crippen LogP contribution in [0, 0.1) is 0 Å². The SMILES string of the molecule is CCC(=O)CC.Clc1cc(Cl)c(Cl)c(Cl)c1Cl. The summed E-state index contributed by atoms with van der Waals surface area (Å²) in [6, 6.07) is 1.44. The Balaban J connectivity index is 0.000000366. The molecular formula is C11H11Cl5O. The normalized spacial score (nSPS) is 9.59. The second-order valence-electron chi connectivity index (χ2n) is 3.03. The van der Waals surface area contributed by atoms with Crippen LogP contribution in [0.4, 0.5) is 0 Å². The van der Waals surface area contributed by atoms with Crippen molar-refractivity contribution in [1.29, 1.82) is 0 Å². The number of benzene rings is 1. The molecule has 0 atom stereocenters. The van der Waals surface area contributed by atoms with Crippen LogP contribution in [0.1, 0.15) is 26.7 Å². The molecule has 0 aromatic heterocycles. The summed E-state index contributed by atoms with van der Waals surface area (Å²) in [6.45, 7) is 3.76. The lowest BCUT2D eigenvalue weighted by atomic mass is 10.3. The van der Waals surface area contributed by atoms with Crippen LogP contribution in [0.5, 0.6) is 0 Å². The molecule has 0 fully saturated rings. The summed E-state index contributed by atoms with van der Waals surface area (Å²) in [5.74, 6) is 0.343. The molecule has 0 saturated carbocycles. The van der Waals surface area contributed by atoms with Crippen LogP contribution in [0.2, 0.25) is 25.1 Å². The third-order valence-electron chi connectivity index (χ3n) is 1.85. The second kappa shape index (κ2) is 8.44. The molecule has 0 bridgehead atoms. The summed E-state index contributed by atoms with van der Waals surface area (Å²) in [7, 11) is 0. The maximum atomic E-state index is 10.2. The molecule has 0 spiro atoms. The molecule has 0 aliphatic heterocycles. The minimum absolute atomic E-state index is 0.186. The first kappa shape index (κ1) is 17.3. The van der Waals surface area contributed by atoms with Gasteiger partial charge in [-0.15, -0.1) is 0 Å². The van der Waals surface area contributed by atoms with Gasteiger partial charge >= 0.3 is 0 Å². The Bertz CT molecular complexity index is 371. The van der Waals surface area contributed by atoms with Crippen molar-refractivity contribution < 1.29 is 4.79 Å². The summed E-state index contributed by atoms with van der Waals surface area (Å²) in [4.78, 5) is 10.2. The lowest BCUT2D eigenvalue weighted by Gasteiger charge is -2.02. The van der Waals surface area contributed by atoms with Crippen molar-refractivity contribution in [3.8, 4) is 0 Å². The molecule has 17 heavy (non-hydrogen) atoms. The quantitative estimate of drug-likeness (QED) is 0.455. The lowest BCUT2D eigenvalue weighted by molar-refractivity contribution is -0.118. The van der Waals surface area contributed by atoms with E-state index in [9.17, 15) is 4.79 Å². The Hall–Kier alpha value is 0.340. The highest BCUT2D eigenvalue weighted by molar-refractivity contribution is 6.54. The van der Waals surface area contributed by atoms with Crippen molar-refractivity contribution in [2.24, 2.45) is 0 Å². The summed E-state index contributed by atoms with van der Waals surface area (Å²) in [6.07, 6.45) is 1.38. The van der Waals surface area contributed by atoms with Gasteiger partial charge in [-0.2, -0.15) is 0 Å². The number of hydrogen-bond acceptors (Lipinski definition) is 1. The minimum atomic E-state index is 0.186. The fourth-order valence-corrected chi connectivity index (χ4v) is 1.90. The Morgan fingerprint density at radius 1 is 0.882 bits per heavy atom. The zero-order valence-corrected chi connectivity index (χ0v) is 13.1. The molecule has 0 heterocycles. The van der Waals surface area contributed by atoms with Gasteiger partial charge in [0.1, 0.15) is 5.78 Å². The Morgan fingerprint density at radius 3 is 1.47 bits per heavy atom. The maximum Gasteiger partial charge on any atom is 0.132 e. The smallest absolute Gasteiger partial charge is 0.132 e. The van der Waals surface area contributed by atoms with Crippen molar-refractivity contribution in [3.63, 3.8) is 0 Å². The molecule has 0 N–H and O–H groups in total. The van der Waals surface area contributed by atoms with E-state index in [1.807, 2.05) is 13.8 Å². The number of halogens is 5. The molecule has 0 unspecified atom stereocenters. The van der Waals surface area contributed by atoms with Gasteiger partial charge in [-0.1, -0.05) is 71.9 Å². The van der Waals surface area contributed by atoms with Crippen LogP contribution >= 0.6 is 58.0 Å². The monoisotopic (exact) mass is 334 g/mol. The van der Waals surface area contributed by atoms with Gasteiger partial charge < -0.3 is 0 Å². The number of Topliss-reactive ketones (excluding diaryl/α,β-unsaturated/α-hetero) is 1. The van der Waals surface area contributed by atoms with Crippen molar-refractivity contribution in [3.05, 3.63) is 31.2 Å². The van der Waals surface area contributed by atoms with Gasteiger partial charge in [0.25, 0.3) is 0 Å². The number of hydrogen-bond donors (Lipinski definition) is 0. The minimum Gasteiger partial charge on any atom is -0.300 e. The van der Waals surface area contributed by atoms with E-state index in [1.165, 1.54) is 6.07 Å². The van der Waals surface area contributed by atoms with Crippen LogP contribution in [-0.4, -0.2) is 5.78 Å². The molecule has 0 radical (unpaired) electrons. The van der Waals surface area contributed by atoms with Gasteiger partial charge in [0.15, 0.2) is 0 Å². The second-order valence-corrected chi connectivity index (χ2v) is 4.98. The fraction of sp³-hybridized carbons (Fsp3) is 0.364. The highest BCUT2D eigenvalue weighted by Crippen LogP contribution is 2.40. The lowest BCUT2D eigenvalue weighted by Crippen LogP contribution is -1.88. The zero-order chi connectivity index (χ0) is 13.6. The van der Waals surface area contributed by atoms with E-state index < -0.39 is 0 Å². The van der Waals surface area contributed by atoms with Crippen molar-refractivity contribution in [2.45, 2.75) is 26.7 Å². The highest BCUT2D eigenvalue weighted by Gasteiger charge is 2.10. The van der Waals surface area contributed by atoms with E-state index in [4.69, 9.17) is 58.0 Å². The Kier molecular flexibility index (Phi) is 8.61. The molecule has 0 saturated heterocycles. The summed E-state index contributed by atoms with van der Waals surface area (Å²) in [5.41, 5.74) is 0. The topological polar surface area (TPSA) is 17.1 Å². The number of carbonyl (C=O) groups is 1. The van der Waals surface area contributed by atoms with E-state index >= 15 is 0 Å². The molecule has 1 rings (SSSR count). The third-order valence-corrected chi connectivity index (χ3v) is 3.99. The van der Waals surface area contributed by atoms with Crippen LogP contribution < -0.4 is 0 Å². The largest absolute Gasteiger partial charge is 0.300 e. The van der Waals surface area contributed by atoms with Crippen LogP contribution in [0.15, 0.2) is 6.07 Å². The fourth-order valence-electron chi connectivity index (χ4n) is 0.794.